The Morgan fingerprint density at radius 2 is 0.605 bits per heavy atom. The van der Waals surface area contributed by atoms with Crippen molar-refractivity contribution in [3.63, 3.8) is 0 Å². The molecule has 0 fully saturated rings. The van der Waals surface area contributed by atoms with Gasteiger partial charge in [-0.1, -0.05) is 176 Å². The van der Waals surface area contributed by atoms with Gasteiger partial charge in [-0.3, -0.25) is 0 Å². The van der Waals surface area contributed by atoms with Crippen molar-refractivity contribution in [3.8, 4) is 22.7 Å². The molecule has 86 heavy (non-hydrogen) atoms. The summed E-state index contributed by atoms with van der Waals surface area (Å²) in [6.45, 7) is 0. The van der Waals surface area contributed by atoms with E-state index in [1.807, 2.05) is 22.7 Å². The number of hydrogen-bond acceptors (Lipinski definition) is 2. The number of fused-ring (bicyclic) bond motifs is 22. The molecule has 0 N–H and O–H groups in total. The molecule has 0 spiro atoms. The molecule has 0 aliphatic heterocycles. The van der Waals surface area contributed by atoms with Crippen molar-refractivity contribution in [1.82, 2.24) is 18.3 Å². The van der Waals surface area contributed by atoms with Crippen LogP contribution in [-0.2, 0) is 0 Å². The van der Waals surface area contributed by atoms with Crippen molar-refractivity contribution >= 4 is 172 Å². The molecule has 0 saturated heterocycles. The normalized spacial score (nSPS) is 12.2. The van der Waals surface area contributed by atoms with Gasteiger partial charge in [0.1, 0.15) is 0 Å². The summed E-state index contributed by atoms with van der Waals surface area (Å²) in [6.07, 6.45) is 0. The number of benzene rings is 14. The molecular formula is C80H48N4S2. The number of aromatic nitrogens is 4. The van der Waals surface area contributed by atoms with Crippen molar-refractivity contribution in [3.05, 3.63) is 291 Å². The predicted octanol–water partition coefficient (Wildman–Crippen LogP) is 22.8. The van der Waals surface area contributed by atoms with E-state index in [0.717, 1.165) is 0 Å². The molecule has 0 amide bonds. The van der Waals surface area contributed by atoms with Crippen LogP contribution in [0.4, 0.5) is 0 Å². The Morgan fingerprint density at radius 3 is 1.26 bits per heavy atom. The highest BCUT2D eigenvalue weighted by Gasteiger charge is 2.24. The number of hydrogen-bond donors (Lipinski definition) is 0. The van der Waals surface area contributed by atoms with Gasteiger partial charge >= 0.3 is 0 Å². The van der Waals surface area contributed by atoms with Crippen LogP contribution in [0, 0.1) is 0 Å². The maximum Gasteiger partial charge on any atom is 0.0789 e. The van der Waals surface area contributed by atoms with Crippen LogP contribution in [0.2, 0.25) is 0 Å². The van der Waals surface area contributed by atoms with Crippen molar-refractivity contribution in [2.45, 2.75) is 0 Å². The van der Waals surface area contributed by atoms with Gasteiger partial charge in [-0.2, -0.15) is 0 Å². The van der Waals surface area contributed by atoms with E-state index >= 15 is 0 Å². The molecule has 0 bridgehead atoms. The van der Waals surface area contributed by atoms with Crippen LogP contribution in [0.25, 0.3) is 172 Å². The summed E-state index contributed by atoms with van der Waals surface area (Å²) in [5.41, 5.74) is 14.6. The summed E-state index contributed by atoms with van der Waals surface area (Å²) < 4.78 is 15.2. The molecule has 0 aliphatic carbocycles. The first-order valence-electron chi connectivity index (χ1n) is 29.4. The van der Waals surface area contributed by atoms with Gasteiger partial charge in [0, 0.05) is 106 Å². The number of para-hydroxylation sites is 4. The van der Waals surface area contributed by atoms with Gasteiger partial charge < -0.3 is 18.3 Å². The van der Waals surface area contributed by atoms with Crippen LogP contribution in [0.1, 0.15) is 0 Å². The smallest absolute Gasteiger partial charge is 0.0789 e. The fourth-order valence-corrected chi connectivity index (χ4v) is 16.6. The minimum absolute atomic E-state index is 1.17. The van der Waals surface area contributed by atoms with Gasteiger partial charge in [0.25, 0.3) is 0 Å². The minimum atomic E-state index is 1.17. The number of rotatable bonds is 4. The third-order valence-electron chi connectivity index (χ3n) is 18.1. The zero-order chi connectivity index (χ0) is 56.1. The Bertz CT molecular complexity index is 6200. The first-order valence-corrected chi connectivity index (χ1v) is 31.0. The maximum absolute atomic E-state index is 2.52. The zero-order valence-electron chi connectivity index (χ0n) is 46.3. The van der Waals surface area contributed by atoms with Crippen molar-refractivity contribution in [2.24, 2.45) is 0 Å². The number of thiophene rings is 2. The average Bonchev–Trinajstić information content (AvgIpc) is 2.04. The largest absolute Gasteiger partial charge is 0.309 e. The molecule has 0 aliphatic rings. The van der Waals surface area contributed by atoms with Gasteiger partial charge in [0.05, 0.1) is 44.1 Å². The maximum atomic E-state index is 2.52. The van der Waals surface area contributed by atoms with Gasteiger partial charge in [-0.25, -0.2) is 0 Å². The lowest BCUT2D eigenvalue weighted by molar-refractivity contribution is 1.15. The van der Waals surface area contributed by atoms with Crippen LogP contribution in [0.15, 0.2) is 291 Å². The van der Waals surface area contributed by atoms with Crippen molar-refractivity contribution in [1.29, 1.82) is 0 Å². The molecule has 4 nitrogen and oxygen atoms in total. The summed E-state index contributed by atoms with van der Waals surface area (Å²) in [7, 11) is 0. The monoisotopic (exact) mass is 1130 g/mol. The first-order chi connectivity index (χ1) is 42.7. The molecule has 0 atom stereocenters. The third kappa shape index (κ3) is 6.91. The molecule has 0 saturated carbocycles. The molecule has 20 rings (SSSR count). The van der Waals surface area contributed by atoms with Crippen molar-refractivity contribution in [2.75, 3.05) is 0 Å². The summed E-state index contributed by atoms with van der Waals surface area (Å²) in [4.78, 5) is 0. The summed E-state index contributed by atoms with van der Waals surface area (Å²) in [6, 6.07) is 107. The molecule has 6 heteroatoms. The van der Waals surface area contributed by atoms with Crippen LogP contribution < -0.4 is 0 Å². The first kappa shape index (κ1) is 47.7. The Morgan fingerprint density at radius 1 is 0.186 bits per heavy atom. The van der Waals surface area contributed by atoms with Crippen LogP contribution in [-0.4, -0.2) is 18.3 Å². The fourth-order valence-electron chi connectivity index (χ4n) is 14.4. The van der Waals surface area contributed by atoms with Gasteiger partial charge in [0.2, 0.25) is 0 Å². The van der Waals surface area contributed by atoms with E-state index < -0.39 is 0 Å². The van der Waals surface area contributed by atoms with E-state index in [1.54, 1.807) is 0 Å². The van der Waals surface area contributed by atoms with Crippen molar-refractivity contribution < 1.29 is 0 Å². The average molecular weight is 1130 g/mol. The lowest BCUT2D eigenvalue weighted by Gasteiger charge is -2.13. The van der Waals surface area contributed by atoms with Crippen LogP contribution in [0.3, 0.4) is 0 Å². The molecule has 20 aromatic rings. The molecule has 400 valence electrons. The predicted molar refractivity (Wildman–Crippen MR) is 371 cm³/mol. The molecule has 0 unspecified atom stereocenters. The van der Waals surface area contributed by atoms with E-state index in [9.17, 15) is 0 Å². The second-order valence-electron chi connectivity index (χ2n) is 22.7. The quantitative estimate of drug-likeness (QED) is 0.167. The molecule has 6 heterocycles. The third-order valence-corrected chi connectivity index (χ3v) is 20.4. The van der Waals surface area contributed by atoms with Gasteiger partial charge in [0.15, 0.2) is 0 Å². The minimum Gasteiger partial charge on any atom is -0.309 e. The highest BCUT2D eigenvalue weighted by molar-refractivity contribution is 7.26. The zero-order valence-corrected chi connectivity index (χ0v) is 48.0. The van der Waals surface area contributed by atoms with E-state index in [2.05, 4.69) is 309 Å². The highest BCUT2D eigenvalue weighted by Crippen LogP contribution is 2.46. The SMILES string of the molecule is c1ccc(-n2c3ccccc3c3cc4c(cc32)c2cc3ccccc3cc2n4-c2ccc3sc4ccccc4c3c2)cc1.c1ccc(-n2c3ccccc3c3ccc4c5c6ccccc6ccc5n(-c5ccc6sc7ccccc7c6c5)c4c32)cc1. The van der Waals surface area contributed by atoms with E-state index in [-0.39, 0.29) is 0 Å². The lowest BCUT2D eigenvalue weighted by Crippen LogP contribution is -1.98. The molecule has 0 radical (unpaired) electrons. The highest BCUT2D eigenvalue weighted by atomic mass is 32.1. The molecular weight excluding hydrogens is 1080 g/mol. The Kier molecular flexibility index (Phi) is 10.2. The number of nitrogens with zero attached hydrogens (tertiary/aromatic N) is 4. The van der Waals surface area contributed by atoms with E-state index in [0.29, 0.717) is 0 Å². The summed E-state index contributed by atoms with van der Waals surface area (Å²) in [5.74, 6) is 0. The second-order valence-corrected chi connectivity index (χ2v) is 24.9. The summed E-state index contributed by atoms with van der Waals surface area (Å²) in [5, 5.41) is 20.5. The second kappa shape index (κ2) is 18.4. The van der Waals surface area contributed by atoms with Crippen LogP contribution in [0.5, 0.6) is 0 Å². The van der Waals surface area contributed by atoms with Crippen LogP contribution >= 0.6 is 22.7 Å². The lowest BCUT2D eigenvalue weighted by atomic mass is 10.0. The molecule has 6 aromatic heterocycles. The fraction of sp³-hybridized carbons (Fsp3) is 0. The molecule has 14 aromatic carbocycles. The Labute approximate surface area is 500 Å². The standard InChI is InChI=1S/2C40H24N2S/c1-2-12-27(13-3-1)41-35-16-8-6-14-29(35)32-23-38-33(24-37(32)41)31-20-25-10-4-5-11-26(25)21-36(31)42(38)28-18-19-40-34(22-28)30-15-7-9-17-39(30)43-40;1-2-11-26(12-3-1)41-34-16-8-6-14-29(34)31-20-21-32-38-28-13-5-4-10-25(28)18-22-35(38)42(40(32)39(31)41)27-19-23-37-33(24-27)30-15-7-9-17-36(30)43-37/h2*1-24H. The topological polar surface area (TPSA) is 19.7 Å². The Balaban J connectivity index is 0.000000126. The van der Waals surface area contributed by atoms with E-state index in [4.69, 9.17) is 0 Å². The van der Waals surface area contributed by atoms with Gasteiger partial charge in [-0.15, -0.1) is 22.7 Å². The Hall–Kier alpha value is -10.8. The summed E-state index contributed by atoms with van der Waals surface area (Å²) >= 11 is 3.74. The van der Waals surface area contributed by atoms with E-state index in [1.165, 1.54) is 172 Å². The van der Waals surface area contributed by atoms with Gasteiger partial charge in [-0.05, 0) is 137 Å².